The van der Waals surface area contributed by atoms with Crippen molar-refractivity contribution >= 4 is 5.91 Å². The summed E-state index contributed by atoms with van der Waals surface area (Å²) < 4.78 is 9.74. The SMILES string of the molecule is C=C(C)C(=O)NCOCCOC. The van der Waals surface area contributed by atoms with Crippen LogP contribution in [0.5, 0.6) is 0 Å². The van der Waals surface area contributed by atoms with Gasteiger partial charge in [-0.15, -0.1) is 0 Å². The number of hydrogen-bond acceptors (Lipinski definition) is 3. The minimum Gasteiger partial charge on any atom is -0.382 e. The van der Waals surface area contributed by atoms with Gasteiger partial charge in [0.15, 0.2) is 0 Å². The average molecular weight is 173 g/mol. The number of ether oxygens (including phenoxy) is 2. The van der Waals surface area contributed by atoms with E-state index in [1.54, 1.807) is 14.0 Å². The summed E-state index contributed by atoms with van der Waals surface area (Å²) in [5.41, 5.74) is 0.477. The second-order valence-corrected chi connectivity index (χ2v) is 2.33. The molecule has 0 atom stereocenters. The zero-order valence-electron chi connectivity index (χ0n) is 7.55. The van der Waals surface area contributed by atoms with Crippen molar-refractivity contribution in [1.29, 1.82) is 0 Å². The highest BCUT2D eigenvalue weighted by molar-refractivity contribution is 5.91. The van der Waals surface area contributed by atoms with Gasteiger partial charge in [-0.2, -0.15) is 0 Å². The third kappa shape index (κ3) is 5.88. The molecule has 0 unspecified atom stereocenters. The third-order valence-corrected chi connectivity index (χ3v) is 1.15. The second-order valence-electron chi connectivity index (χ2n) is 2.33. The molecular formula is C8H15NO3. The molecule has 0 aliphatic heterocycles. The van der Waals surface area contributed by atoms with E-state index in [0.29, 0.717) is 18.8 Å². The first kappa shape index (κ1) is 11.1. The molecular weight excluding hydrogens is 158 g/mol. The Morgan fingerprint density at radius 1 is 1.50 bits per heavy atom. The molecule has 1 amide bonds. The van der Waals surface area contributed by atoms with Gasteiger partial charge in [0.25, 0.3) is 0 Å². The molecule has 0 spiro atoms. The summed E-state index contributed by atoms with van der Waals surface area (Å²) in [7, 11) is 1.59. The van der Waals surface area contributed by atoms with Crippen LogP contribution in [0.2, 0.25) is 0 Å². The monoisotopic (exact) mass is 173 g/mol. The molecule has 0 fully saturated rings. The molecule has 0 aromatic rings. The van der Waals surface area contributed by atoms with Crippen LogP contribution in [0.15, 0.2) is 12.2 Å². The van der Waals surface area contributed by atoms with Crippen molar-refractivity contribution in [2.45, 2.75) is 6.92 Å². The maximum Gasteiger partial charge on any atom is 0.248 e. The first-order valence-electron chi connectivity index (χ1n) is 3.69. The number of nitrogens with one attached hydrogen (secondary N) is 1. The standard InChI is InChI=1S/C8H15NO3/c1-7(2)8(10)9-6-12-5-4-11-3/h1,4-6H2,2-3H3,(H,9,10). The molecule has 0 heterocycles. The van der Waals surface area contributed by atoms with Crippen LogP contribution in [-0.4, -0.2) is 33.0 Å². The van der Waals surface area contributed by atoms with Gasteiger partial charge in [0, 0.05) is 12.7 Å². The van der Waals surface area contributed by atoms with Gasteiger partial charge in [-0.05, 0) is 6.92 Å². The quantitative estimate of drug-likeness (QED) is 0.357. The van der Waals surface area contributed by atoms with Gasteiger partial charge in [-0.25, -0.2) is 0 Å². The minimum absolute atomic E-state index is 0.188. The van der Waals surface area contributed by atoms with E-state index in [1.807, 2.05) is 0 Å². The molecule has 0 aliphatic carbocycles. The highest BCUT2D eigenvalue weighted by Crippen LogP contribution is 1.84. The van der Waals surface area contributed by atoms with Crippen LogP contribution in [0.4, 0.5) is 0 Å². The summed E-state index contributed by atoms with van der Waals surface area (Å²) in [6.07, 6.45) is 0. The first-order chi connectivity index (χ1) is 5.68. The summed E-state index contributed by atoms with van der Waals surface area (Å²) >= 11 is 0. The lowest BCUT2D eigenvalue weighted by Gasteiger charge is -2.05. The van der Waals surface area contributed by atoms with Crippen LogP contribution < -0.4 is 5.32 Å². The van der Waals surface area contributed by atoms with Crippen molar-refractivity contribution in [2.24, 2.45) is 0 Å². The second kappa shape index (κ2) is 6.82. The van der Waals surface area contributed by atoms with Crippen LogP contribution in [-0.2, 0) is 14.3 Å². The lowest BCUT2D eigenvalue weighted by atomic mass is 10.3. The Morgan fingerprint density at radius 3 is 2.67 bits per heavy atom. The van der Waals surface area contributed by atoms with Gasteiger partial charge in [0.2, 0.25) is 5.91 Å². The van der Waals surface area contributed by atoms with E-state index in [4.69, 9.17) is 9.47 Å². The van der Waals surface area contributed by atoms with Crippen molar-refractivity contribution < 1.29 is 14.3 Å². The maximum absolute atomic E-state index is 10.9. The van der Waals surface area contributed by atoms with E-state index >= 15 is 0 Å². The van der Waals surface area contributed by atoms with Crippen molar-refractivity contribution in [3.05, 3.63) is 12.2 Å². The van der Waals surface area contributed by atoms with Crippen LogP contribution in [0.1, 0.15) is 6.92 Å². The molecule has 4 heteroatoms. The highest BCUT2D eigenvalue weighted by Gasteiger charge is 1.98. The Kier molecular flexibility index (Phi) is 6.32. The number of amides is 1. The van der Waals surface area contributed by atoms with Crippen molar-refractivity contribution in [3.63, 3.8) is 0 Å². The fourth-order valence-corrected chi connectivity index (χ4v) is 0.482. The van der Waals surface area contributed by atoms with E-state index < -0.39 is 0 Å². The topological polar surface area (TPSA) is 47.6 Å². The largest absolute Gasteiger partial charge is 0.382 e. The molecule has 0 radical (unpaired) electrons. The van der Waals surface area contributed by atoms with Gasteiger partial charge in [0.1, 0.15) is 6.73 Å². The zero-order chi connectivity index (χ0) is 9.40. The van der Waals surface area contributed by atoms with Crippen LogP contribution >= 0.6 is 0 Å². The first-order valence-corrected chi connectivity index (χ1v) is 3.69. The highest BCUT2D eigenvalue weighted by atomic mass is 16.5. The van der Waals surface area contributed by atoms with Crippen molar-refractivity contribution in [2.75, 3.05) is 27.1 Å². The smallest absolute Gasteiger partial charge is 0.248 e. The van der Waals surface area contributed by atoms with Crippen molar-refractivity contribution in [1.82, 2.24) is 5.32 Å². The average Bonchev–Trinajstić information content (AvgIpc) is 2.03. The Labute approximate surface area is 72.5 Å². The zero-order valence-corrected chi connectivity index (χ0v) is 7.55. The lowest BCUT2D eigenvalue weighted by Crippen LogP contribution is -2.27. The predicted octanol–water partition coefficient (Wildman–Crippen LogP) is 0.299. The summed E-state index contributed by atoms with van der Waals surface area (Å²) in [5.74, 6) is -0.188. The third-order valence-electron chi connectivity index (χ3n) is 1.15. The van der Waals surface area contributed by atoms with Crippen LogP contribution in [0.3, 0.4) is 0 Å². The fraction of sp³-hybridized carbons (Fsp3) is 0.625. The van der Waals surface area contributed by atoms with Crippen LogP contribution in [0, 0.1) is 0 Å². The van der Waals surface area contributed by atoms with E-state index in [1.165, 1.54) is 0 Å². The molecule has 0 rings (SSSR count). The normalized spacial score (nSPS) is 9.50. The number of hydrogen-bond donors (Lipinski definition) is 1. The Hall–Kier alpha value is -0.870. The Balaban J connectivity index is 3.20. The minimum atomic E-state index is -0.188. The Bertz CT molecular complexity index is 156. The summed E-state index contributed by atoms with van der Waals surface area (Å²) in [5, 5.41) is 2.52. The molecule has 0 saturated heterocycles. The number of carbonyl (C=O) groups is 1. The predicted molar refractivity (Wildman–Crippen MR) is 45.7 cm³/mol. The van der Waals surface area contributed by atoms with Crippen LogP contribution in [0.25, 0.3) is 0 Å². The van der Waals surface area contributed by atoms with E-state index in [2.05, 4.69) is 11.9 Å². The number of rotatable bonds is 6. The maximum atomic E-state index is 10.9. The van der Waals surface area contributed by atoms with Gasteiger partial charge in [-0.3, -0.25) is 4.79 Å². The molecule has 70 valence electrons. The molecule has 0 bridgehead atoms. The number of carbonyl (C=O) groups excluding carboxylic acids is 1. The molecule has 0 aliphatic rings. The van der Waals surface area contributed by atoms with Gasteiger partial charge in [-0.1, -0.05) is 6.58 Å². The molecule has 0 aromatic heterocycles. The molecule has 1 N–H and O–H groups in total. The Morgan fingerprint density at radius 2 is 2.17 bits per heavy atom. The summed E-state index contributed by atoms with van der Waals surface area (Å²) in [4.78, 5) is 10.9. The van der Waals surface area contributed by atoms with E-state index in [-0.39, 0.29) is 12.6 Å². The lowest BCUT2D eigenvalue weighted by molar-refractivity contribution is -0.119. The molecule has 12 heavy (non-hydrogen) atoms. The fourth-order valence-electron chi connectivity index (χ4n) is 0.482. The molecule has 4 nitrogen and oxygen atoms in total. The number of methoxy groups -OCH3 is 1. The molecule has 0 saturated carbocycles. The van der Waals surface area contributed by atoms with Gasteiger partial charge < -0.3 is 14.8 Å². The molecule has 0 aromatic carbocycles. The van der Waals surface area contributed by atoms with Crippen molar-refractivity contribution in [3.8, 4) is 0 Å². The summed E-state index contributed by atoms with van der Waals surface area (Å²) in [6.45, 7) is 6.33. The van der Waals surface area contributed by atoms with E-state index in [0.717, 1.165) is 0 Å². The van der Waals surface area contributed by atoms with Gasteiger partial charge in [0.05, 0.1) is 13.2 Å². The van der Waals surface area contributed by atoms with E-state index in [9.17, 15) is 4.79 Å². The van der Waals surface area contributed by atoms with Gasteiger partial charge >= 0.3 is 0 Å². The summed E-state index contributed by atoms with van der Waals surface area (Å²) in [6, 6.07) is 0.